The number of oxazole rings is 1. The van der Waals surface area contributed by atoms with Crippen LogP contribution in [0.2, 0.25) is 0 Å². The monoisotopic (exact) mass is 1360 g/mol. The molecule has 74 heavy (non-hydrogen) atoms. The van der Waals surface area contributed by atoms with Crippen molar-refractivity contribution in [1.29, 1.82) is 10.7 Å². The number of phenols is 2. The number of nitrogens with one attached hydrogen (secondary N) is 1. The Morgan fingerprint density at radius 1 is 0.811 bits per heavy atom. The Morgan fingerprint density at radius 2 is 1.26 bits per heavy atom. The van der Waals surface area contributed by atoms with Crippen LogP contribution < -0.4 is 24.7 Å². The quantitative estimate of drug-likeness (QED) is 0.0126. The number of aliphatic hydroxyl groups excluding tert-OH is 1. The summed E-state index contributed by atoms with van der Waals surface area (Å²) in [5.41, 5.74) is 16.9. The SMILES string of the molecule is C.CC#N.CC(C)(OO)c1ccccc1.CCO.Cc1ccc(N)c(O)c1.Cc1ccc([N+](=O)[O-])c(O)c1.Cc1ccc([N+](=O)[O-])cc1.Cc1ccc2nc(N)oc2c1.I[I-]I.N=C(n1ccnc1)n1ccnc1. The van der Waals surface area contributed by atoms with Crippen molar-refractivity contribution in [2.75, 3.05) is 18.1 Å². The van der Waals surface area contributed by atoms with Crippen LogP contribution in [0.25, 0.3) is 11.1 Å². The Balaban J connectivity index is 0. The first-order valence-electron chi connectivity index (χ1n) is 21.1. The van der Waals surface area contributed by atoms with E-state index in [0.717, 1.165) is 38.9 Å². The molecule has 3 heterocycles. The van der Waals surface area contributed by atoms with Crippen LogP contribution in [0.4, 0.5) is 23.1 Å². The summed E-state index contributed by atoms with van der Waals surface area (Å²) in [6.45, 7) is 14.5. The standard InChI is InChI=1S/C9H12O2.C8H8N2O.C7H7N5.C7H7NO3.C7H7NO2.C7H9NO.C2H3N.C2H6O.CH4.I3/c1-9(2,11-10)8-6-4-3-5-7-8;1-5-2-3-6-7(4-5)11-8(9)10-6;8-7(11-3-1-9-5-11)12-4-2-10-6-12;1-5-2-3-6(8(10)11)7(9)4-5;1-6-2-4-7(5-3-6)8(9)10;1-5-2-3-6(8)7(9)4-5;2*1-2-3;;1-3-2/h3-7,10H,1-2H3;2-4H,1H3,(H2,9,10);1-6,8H;2-4,9H,1H3;2-5H,1H3;2-4,9H,8H2,1H3;1H3;3H,2H2,1H3;1H4;/q;;;;;;;;;-1. The molecule has 0 aliphatic heterocycles. The largest absolute Gasteiger partial charge is 0.276 e. The topological polar surface area (TPSA) is 338 Å². The fraction of sp³-hybridized carbons (Fsp3) is 0.220. The van der Waals surface area contributed by atoms with Gasteiger partial charge in [0.1, 0.15) is 29.5 Å². The number of nitriles is 1. The molecule has 21 nitrogen and oxygen atoms in total. The van der Waals surface area contributed by atoms with E-state index in [9.17, 15) is 20.2 Å². The number of anilines is 2. The molecule has 0 radical (unpaired) electrons. The van der Waals surface area contributed by atoms with Crippen LogP contribution in [0.3, 0.4) is 0 Å². The van der Waals surface area contributed by atoms with Crippen molar-refractivity contribution >= 4 is 77.4 Å². The van der Waals surface area contributed by atoms with Gasteiger partial charge in [0.05, 0.1) is 21.6 Å². The number of aliphatic hydroxyl groups is 1. The molecule has 8 rings (SSSR count). The van der Waals surface area contributed by atoms with Crippen LogP contribution >= 0.6 is 37.2 Å². The van der Waals surface area contributed by atoms with Gasteiger partial charge < -0.3 is 31.2 Å². The van der Waals surface area contributed by atoms with E-state index in [1.165, 1.54) is 31.2 Å². The van der Waals surface area contributed by atoms with E-state index < -0.39 is 15.4 Å². The van der Waals surface area contributed by atoms with Crippen LogP contribution in [-0.4, -0.2) is 67.1 Å². The molecule has 24 heteroatoms. The van der Waals surface area contributed by atoms with E-state index in [4.69, 9.17) is 47.1 Å². The zero-order chi connectivity index (χ0) is 55.5. The number of halogens is 3. The fourth-order valence-electron chi connectivity index (χ4n) is 4.95. The van der Waals surface area contributed by atoms with E-state index in [-0.39, 0.29) is 42.9 Å². The number of nitrogens with two attached hydrogens (primary N) is 2. The normalized spacial score (nSPS) is 9.39. The third-order valence-corrected chi connectivity index (χ3v) is 8.51. The zero-order valence-corrected chi connectivity index (χ0v) is 47.6. The molecule has 0 fully saturated rings. The number of aromatic nitrogens is 5. The number of nitrogen functional groups attached to an aromatic ring is 2. The van der Waals surface area contributed by atoms with Crippen molar-refractivity contribution < 1.29 is 53.0 Å². The van der Waals surface area contributed by atoms with Crippen molar-refractivity contribution in [3.63, 3.8) is 0 Å². The number of rotatable bonds is 4. The number of hydrogen-bond donors (Lipinski definition) is 7. The van der Waals surface area contributed by atoms with E-state index >= 15 is 0 Å². The molecule has 0 aliphatic carbocycles. The molecule has 0 saturated carbocycles. The van der Waals surface area contributed by atoms with Gasteiger partial charge in [-0.2, -0.15) is 10.2 Å². The second-order valence-electron chi connectivity index (χ2n) is 14.8. The first kappa shape index (κ1) is 69.3. The first-order chi connectivity index (χ1) is 34.5. The predicted molar refractivity (Wildman–Crippen MR) is 303 cm³/mol. The second kappa shape index (κ2) is 38.8. The molecule has 0 saturated heterocycles. The Bertz CT molecular complexity index is 2810. The summed E-state index contributed by atoms with van der Waals surface area (Å²) in [5, 5.41) is 69.4. The number of nitro groups is 2. The Labute approximate surface area is 460 Å². The summed E-state index contributed by atoms with van der Waals surface area (Å²) in [4.78, 5) is 35.2. The summed E-state index contributed by atoms with van der Waals surface area (Å²) in [6.07, 6.45) is 9.83. The van der Waals surface area contributed by atoms with Gasteiger partial charge in [0.25, 0.3) is 11.7 Å². The van der Waals surface area contributed by atoms with Gasteiger partial charge in [-0.1, -0.05) is 73.7 Å². The molecular weight excluding hydrogens is 1300 g/mol. The molecule has 8 aromatic rings. The number of nitro benzene ring substituents is 2. The molecule has 9 N–H and O–H groups in total. The van der Waals surface area contributed by atoms with Gasteiger partial charge in [0.15, 0.2) is 11.3 Å². The van der Waals surface area contributed by atoms with Gasteiger partial charge in [-0.05, 0) is 101 Å². The number of imidazole rings is 2. The maximum atomic E-state index is 10.2. The van der Waals surface area contributed by atoms with Crippen LogP contribution in [0, 0.1) is 64.7 Å². The van der Waals surface area contributed by atoms with Crippen molar-refractivity contribution in [3.05, 3.63) is 195 Å². The number of nitrogens with zero attached hydrogens (tertiary/aromatic N) is 8. The van der Waals surface area contributed by atoms with E-state index in [1.54, 1.807) is 96.8 Å². The van der Waals surface area contributed by atoms with Gasteiger partial charge in [0.2, 0.25) is 5.96 Å². The van der Waals surface area contributed by atoms with E-state index in [2.05, 4.69) is 57.1 Å². The maximum Gasteiger partial charge on any atom is 0.212 e. The van der Waals surface area contributed by atoms with Gasteiger partial charge in [0, 0.05) is 56.5 Å². The second-order valence-corrected chi connectivity index (χ2v) is 31.0. The molecule has 0 unspecified atom stereocenters. The first-order valence-corrected chi connectivity index (χ1v) is 33.7. The zero-order valence-electron chi connectivity index (χ0n) is 41.2. The molecule has 0 atom stereocenters. The Hall–Kier alpha value is -6.78. The molecule has 0 spiro atoms. The van der Waals surface area contributed by atoms with Crippen molar-refractivity contribution in [1.82, 2.24) is 24.1 Å². The van der Waals surface area contributed by atoms with Crippen LogP contribution in [-0.2, 0) is 10.5 Å². The summed E-state index contributed by atoms with van der Waals surface area (Å²) in [6, 6.07) is 33.2. The minimum absolute atomic E-state index is 0. The third-order valence-electron chi connectivity index (χ3n) is 8.51. The van der Waals surface area contributed by atoms with Crippen LogP contribution in [0.5, 0.6) is 11.5 Å². The number of hydrogen-bond acceptors (Lipinski definition) is 17. The predicted octanol–water partition coefficient (Wildman–Crippen LogP) is 9.28. The van der Waals surface area contributed by atoms with E-state index in [0.29, 0.717) is 24.9 Å². The third kappa shape index (κ3) is 28.5. The summed E-state index contributed by atoms with van der Waals surface area (Å²) in [7, 11) is 0. The Morgan fingerprint density at radius 3 is 1.66 bits per heavy atom. The van der Waals surface area contributed by atoms with E-state index in [1.807, 2.05) is 89.2 Å². The summed E-state index contributed by atoms with van der Waals surface area (Å²) >= 11 is 5.30. The Kier molecular flexibility index (Phi) is 36.3. The number of aromatic hydroxyl groups is 2. The number of non-ortho nitro benzene ring substituents is 1. The van der Waals surface area contributed by atoms with Gasteiger partial charge >= 0.3 is 56.2 Å². The van der Waals surface area contributed by atoms with Gasteiger partial charge in [-0.3, -0.25) is 40.0 Å². The minimum atomic E-state index is -0.616. The average Bonchev–Trinajstić information content (AvgIpc) is 4.16. The maximum absolute atomic E-state index is 10.2. The van der Waals surface area contributed by atoms with Crippen molar-refractivity contribution in [3.8, 4) is 17.6 Å². The number of benzene rings is 5. The molecular formula is C50H63I3N11O10-. The van der Waals surface area contributed by atoms with Crippen molar-refractivity contribution in [2.24, 2.45) is 0 Å². The summed E-state index contributed by atoms with van der Waals surface area (Å²) < 4.78 is 8.31. The number of fused-ring (bicyclic) bond motifs is 1. The number of phenolic OH excluding ortho intramolecular Hbond substituents is 2. The van der Waals surface area contributed by atoms with Crippen LogP contribution in [0.1, 0.15) is 62.9 Å². The molecule has 400 valence electrons. The van der Waals surface area contributed by atoms with Gasteiger partial charge in [-0.15, -0.1) is 0 Å². The molecule has 3 aromatic heterocycles. The smallest absolute Gasteiger partial charge is 0.212 e. The molecule has 0 amide bonds. The summed E-state index contributed by atoms with van der Waals surface area (Å²) in [5.74, 6) is 0.190. The molecule has 0 aliphatic rings. The van der Waals surface area contributed by atoms with Crippen LogP contribution in [0.15, 0.2) is 151 Å². The molecule has 0 bridgehead atoms. The minimum Gasteiger partial charge on any atom is -0.276 e. The average molecular weight is 1360 g/mol. The van der Waals surface area contributed by atoms with Gasteiger partial charge in [-0.25, -0.2) is 14.9 Å². The van der Waals surface area contributed by atoms with Crippen molar-refractivity contribution in [2.45, 2.75) is 68.4 Å². The molecule has 5 aromatic carbocycles. The fourth-order valence-corrected chi connectivity index (χ4v) is 4.95. The number of aryl methyl sites for hydroxylation is 4.